The van der Waals surface area contributed by atoms with Gasteiger partial charge in [0.25, 0.3) is 0 Å². The number of hydrogen-bond acceptors (Lipinski definition) is 4. The van der Waals surface area contributed by atoms with Gasteiger partial charge in [0.15, 0.2) is 5.71 Å². The van der Waals surface area contributed by atoms with Crippen LogP contribution in [0.1, 0.15) is 6.92 Å². The summed E-state index contributed by atoms with van der Waals surface area (Å²) in [6.45, 7) is 2.00. The summed E-state index contributed by atoms with van der Waals surface area (Å²) in [4.78, 5) is 5.12. The summed E-state index contributed by atoms with van der Waals surface area (Å²) in [5, 5.41) is 9.37. The average Bonchev–Trinajstić information content (AvgIpc) is 2.43. The van der Waals surface area contributed by atoms with Gasteiger partial charge in [-0.25, -0.2) is 4.99 Å². The molecule has 0 saturated carbocycles. The average molecular weight is 277 g/mol. The lowest BCUT2D eigenvalue weighted by atomic mass is 10.3. The molecule has 0 unspecified atom stereocenters. The molecule has 1 N–H and O–H groups in total. The predicted molar refractivity (Wildman–Crippen MR) is 84.5 cm³/mol. The summed E-state index contributed by atoms with van der Waals surface area (Å²) >= 11 is 1.57. The van der Waals surface area contributed by atoms with Crippen LogP contribution in [-0.4, -0.2) is 33.1 Å². The van der Waals surface area contributed by atoms with Crippen LogP contribution in [0, 0.1) is 0 Å². The fraction of sp³-hybridized carbons (Fsp3) is 0.357. The van der Waals surface area contributed by atoms with Crippen LogP contribution in [0.2, 0.25) is 0 Å². The summed E-state index contributed by atoms with van der Waals surface area (Å²) in [5.41, 5.74) is 3.07. The Morgan fingerprint density at radius 2 is 1.89 bits per heavy atom. The highest BCUT2D eigenvalue weighted by atomic mass is 32.2. The summed E-state index contributed by atoms with van der Waals surface area (Å²) in [5.74, 6) is 0. The van der Waals surface area contributed by atoms with E-state index in [9.17, 15) is 0 Å². The van der Waals surface area contributed by atoms with Crippen molar-refractivity contribution in [2.24, 2.45) is 10.2 Å². The largest absolute Gasteiger partial charge is 0.378 e. The van der Waals surface area contributed by atoms with E-state index in [1.54, 1.807) is 11.8 Å². The Kier molecular flexibility index (Phi) is 6.29. The molecule has 0 atom stereocenters. The number of nitrogens with one attached hydrogen (secondary N) is 1. The van der Waals surface area contributed by atoms with E-state index < -0.39 is 0 Å². The number of hydrogen-bond donors (Lipinski definition) is 1. The van der Waals surface area contributed by atoms with Crippen LogP contribution >= 0.6 is 11.8 Å². The van der Waals surface area contributed by atoms with Gasteiger partial charge in [0.1, 0.15) is 12.1 Å². The molecule has 19 heavy (non-hydrogen) atoms. The summed E-state index contributed by atoms with van der Waals surface area (Å²) in [6, 6.07) is 7.99. The highest BCUT2D eigenvalue weighted by molar-refractivity contribution is 8.02. The molecule has 0 radical (unpaired) electrons. The van der Waals surface area contributed by atoms with Crippen molar-refractivity contribution in [3.8, 4) is 0 Å². The maximum atomic E-state index is 4.25. The third-order valence-corrected chi connectivity index (χ3v) is 3.19. The molecule has 0 heterocycles. The first kappa shape index (κ1) is 15.4. The van der Waals surface area contributed by atoms with E-state index in [0.29, 0.717) is 0 Å². The minimum absolute atomic E-state index is 0.854. The molecule has 102 valence electrons. The van der Waals surface area contributed by atoms with Crippen molar-refractivity contribution in [1.82, 2.24) is 0 Å². The van der Waals surface area contributed by atoms with Crippen molar-refractivity contribution in [2.45, 2.75) is 6.92 Å². The number of thioether (sulfide) groups is 1. The second kappa shape index (κ2) is 7.74. The van der Waals surface area contributed by atoms with Crippen molar-refractivity contribution in [1.29, 1.82) is 0 Å². The lowest BCUT2D eigenvalue weighted by Crippen LogP contribution is -2.66. The van der Waals surface area contributed by atoms with E-state index in [4.69, 9.17) is 0 Å². The minimum atomic E-state index is 0.854. The number of nitrogens with zero attached hydrogens (tertiary/aromatic N) is 3. The van der Waals surface area contributed by atoms with Gasteiger partial charge >= 0.3 is 0 Å². The number of benzene rings is 1. The Hall–Kier alpha value is -1.62. The van der Waals surface area contributed by atoms with E-state index in [1.807, 2.05) is 64.7 Å². The van der Waals surface area contributed by atoms with E-state index in [2.05, 4.69) is 20.1 Å². The molecule has 0 aliphatic heterocycles. The Labute approximate surface area is 119 Å². The molecular formula is C14H21N4S+. The van der Waals surface area contributed by atoms with Crippen molar-refractivity contribution in [2.75, 3.05) is 32.3 Å². The zero-order valence-corrected chi connectivity index (χ0v) is 13.0. The van der Waals surface area contributed by atoms with Gasteiger partial charge in [0.2, 0.25) is 0 Å². The van der Waals surface area contributed by atoms with Gasteiger partial charge in [-0.05, 0) is 30.5 Å². The van der Waals surface area contributed by atoms with Crippen molar-refractivity contribution < 1.29 is 4.99 Å². The summed E-state index contributed by atoms with van der Waals surface area (Å²) < 4.78 is 0. The van der Waals surface area contributed by atoms with E-state index >= 15 is 0 Å². The molecule has 1 rings (SSSR count). The second-order valence-electron chi connectivity index (χ2n) is 4.23. The van der Waals surface area contributed by atoms with Crippen LogP contribution in [0.3, 0.4) is 0 Å². The standard InChI is InChI=1S/C14H20N4S/c1-11(15-2)10-14(19-5)17-16-12-6-8-13(9-7-12)18(3)4/h6-10H,1-5H3/p+1/b14-10-,15-11?,17-16?. The Morgan fingerprint density at radius 3 is 2.37 bits per heavy atom. The number of rotatable bonds is 5. The lowest BCUT2D eigenvalue weighted by Gasteiger charge is -2.11. The van der Waals surface area contributed by atoms with Gasteiger partial charge in [0, 0.05) is 32.8 Å². The van der Waals surface area contributed by atoms with E-state index in [0.717, 1.165) is 22.1 Å². The molecule has 0 aliphatic rings. The van der Waals surface area contributed by atoms with Crippen LogP contribution in [0.4, 0.5) is 11.4 Å². The minimum Gasteiger partial charge on any atom is -0.378 e. The zero-order valence-electron chi connectivity index (χ0n) is 12.1. The molecule has 0 aromatic heterocycles. The topological polar surface area (TPSA) is 41.9 Å². The van der Waals surface area contributed by atoms with Crippen molar-refractivity contribution in [3.63, 3.8) is 0 Å². The monoisotopic (exact) mass is 277 g/mol. The highest BCUT2D eigenvalue weighted by Gasteiger charge is 1.98. The van der Waals surface area contributed by atoms with E-state index in [-0.39, 0.29) is 0 Å². The van der Waals surface area contributed by atoms with Gasteiger partial charge in [-0.15, -0.1) is 16.9 Å². The Bertz CT molecular complexity index is 487. The molecule has 1 aromatic carbocycles. The molecule has 4 nitrogen and oxygen atoms in total. The lowest BCUT2D eigenvalue weighted by molar-refractivity contribution is -0.419. The molecule has 0 spiro atoms. The van der Waals surface area contributed by atoms with E-state index in [1.165, 1.54) is 0 Å². The SMILES string of the molecule is C[NH+]=C(C)/C=C(/N=Nc1ccc(N(C)C)cc1)SC. The maximum absolute atomic E-state index is 4.25. The first-order valence-corrected chi connectivity index (χ1v) is 7.25. The predicted octanol–water partition coefficient (Wildman–Crippen LogP) is 2.21. The van der Waals surface area contributed by atoms with Crippen LogP contribution in [-0.2, 0) is 0 Å². The number of allylic oxidation sites excluding steroid dienone is 1. The molecule has 0 aliphatic carbocycles. The summed E-state index contributed by atoms with van der Waals surface area (Å²) in [6.07, 6.45) is 3.96. The quantitative estimate of drug-likeness (QED) is 0.662. The van der Waals surface area contributed by atoms with Crippen molar-refractivity contribution >= 4 is 28.8 Å². The smallest absolute Gasteiger partial charge is 0.173 e. The first-order chi connectivity index (χ1) is 9.06. The zero-order chi connectivity index (χ0) is 14.3. The molecule has 0 saturated heterocycles. The maximum Gasteiger partial charge on any atom is 0.173 e. The molecule has 1 aromatic rings. The second-order valence-corrected chi connectivity index (χ2v) is 5.06. The van der Waals surface area contributed by atoms with Crippen LogP contribution in [0.25, 0.3) is 0 Å². The van der Waals surface area contributed by atoms with Crippen LogP contribution in [0.15, 0.2) is 45.6 Å². The van der Waals surface area contributed by atoms with Crippen LogP contribution in [0.5, 0.6) is 0 Å². The van der Waals surface area contributed by atoms with Crippen LogP contribution < -0.4 is 9.89 Å². The number of azo groups is 1. The van der Waals surface area contributed by atoms with Gasteiger partial charge < -0.3 is 4.90 Å². The molecular weight excluding hydrogens is 256 g/mol. The highest BCUT2D eigenvalue weighted by Crippen LogP contribution is 2.21. The number of anilines is 1. The summed E-state index contributed by atoms with van der Waals surface area (Å²) in [7, 11) is 5.92. The van der Waals surface area contributed by atoms with Gasteiger partial charge in [-0.2, -0.15) is 5.11 Å². The van der Waals surface area contributed by atoms with Gasteiger partial charge in [-0.1, -0.05) is 0 Å². The molecule has 0 amide bonds. The molecule has 5 heteroatoms. The molecule has 0 fully saturated rings. The van der Waals surface area contributed by atoms with Crippen molar-refractivity contribution in [3.05, 3.63) is 35.4 Å². The Morgan fingerprint density at radius 1 is 1.26 bits per heavy atom. The fourth-order valence-electron chi connectivity index (χ4n) is 1.31. The normalized spacial score (nSPS) is 13.1. The first-order valence-electron chi connectivity index (χ1n) is 6.03. The third kappa shape index (κ3) is 5.26. The fourth-order valence-corrected chi connectivity index (χ4v) is 1.73. The van der Waals surface area contributed by atoms with Gasteiger partial charge in [0.05, 0.1) is 5.69 Å². The third-order valence-electron chi connectivity index (χ3n) is 2.57. The van der Waals surface area contributed by atoms with Gasteiger partial charge in [-0.3, -0.25) is 0 Å². The molecule has 0 bridgehead atoms. The Balaban J connectivity index is 2.82.